The van der Waals surface area contributed by atoms with Crippen LogP contribution in [0.15, 0.2) is 144 Å². The minimum Gasteiger partial charge on any atom is -0.454 e. The molecule has 0 amide bonds. The fraction of sp³-hybridized carbons (Fsp3) is 0.125. The zero-order chi connectivity index (χ0) is 33.5. The van der Waals surface area contributed by atoms with Gasteiger partial charge in [-0.05, 0) is 90.8 Å². The molecule has 0 saturated carbocycles. The summed E-state index contributed by atoms with van der Waals surface area (Å²) in [6, 6.07) is 51.7. The first-order chi connectivity index (χ1) is 24.3. The van der Waals surface area contributed by atoms with Gasteiger partial charge in [0.05, 0.1) is 11.4 Å². The van der Waals surface area contributed by atoms with E-state index in [1.54, 1.807) is 0 Å². The molecular formula is C48H35NO. The molecule has 0 atom stereocenters. The maximum atomic E-state index is 7.01. The molecule has 0 saturated heterocycles. The van der Waals surface area contributed by atoms with Crippen LogP contribution in [-0.2, 0) is 10.8 Å². The van der Waals surface area contributed by atoms with Gasteiger partial charge in [-0.3, -0.25) is 0 Å². The van der Waals surface area contributed by atoms with Gasteiger partial charge in [0.2, 0.25) is 0 Å². The van der Waals surface area contributed by atoms with Crippen LogP contribution in [0.2, 0.25) is 0 Å². The van der Waals surface area contributed by atoms with Crippen LogP contribution < -0.4 is 4.90 Å². The van der Waals surface area contributed by atoms with Gasteiger partial charge in [0, 0.05) is 32.9 Å². The molecule has 8 aromatic carbocycles. The highest BCUT2D eigenvalue weighted by atomic mass is 16.3. The number of furan rings is 1. The minimum absolute atomic E-state index is 0.118. The van der Waals surface area contributed by atoms with Crippen LogP contribution in [0, 0.1) is 0 Å². The molecule has 2 aliphatic carbocycles. The van der Waals surface area contributed by atoms with E-state index in [-0.39, 0.29) is 10.8 Å². The molecule has 238 valence electrons. The largest absolute Gasteiger partial charge is 0.454 e. The van der Waals surface area contributed by atoms with Gasteiger partial charge >= 0.3 is 0 Å². The zero-order valence-corrected chi connectivity index (χ0v) is 28.6. The maximum absolute atomic E-state index is 7.01. The van der Waals surface area contributed by atoms with Crippen molar-refractivity contribution >= 4 is 60.5 Å². The molecule has 0 spiro atoms. The molecule has 0 fully saturated rings. The molecule has 0 N–H and O–H groups in total. The Labute approximate surface area is 291 Å². The number of hydrogen-bond acceptors (Lipinski definition) is 2. The second-order valence-corrected chi connectivity index (χ2v) is 15.3. The molecule has 0 unspecified atom stereocenters. The van der Waals surface area contributed by atoms with Crippen LogP contribution in [0.4, 0.5) is 17.1 Å². The van der Waals surface area contributed by atoms with Crippen molar-refractivity contribution < 1.29 is 4.42 Å². The summed E-state index contributed by atoms with van der Waals surface area (Å²) >= 11 is 0. The van der Waals surface area contributed by atoms with Crippen molar-refractivity contribution in [2.45, 2.75) is 38.5 Å². The molecule has 0 radical (unpaired) electrons. The van der Waals surface area contributed by atoms with E-state index in [4.69, 9.17) is 4.42 Å². The summed E-state index contributed by atoms with van der Waals surface area (Å²) < 4.78 is 7.01. The third kappa shape index (κ3) is 3.39. The second kappa shape index (κ2) is 9.43. The number of anilines is 3. The van der Waals surface area contributed by atoms with Gasteiger partial charge in [0.1, 0.15) is 5.58 Å². The first-order valence-electron chi connectivity index (χ1n) is 17.7. The predicted octanol–water partition coefficient (Wildman–Crippen LogP) is 13.4. The molecule has 2 aliphatic rings. The highest BCUT2D eigenvalue weighted by Gasteiger charge is 2.39. The van der Waals surface area contributed by atoms with E-state index in [9.17, 15) is 0 Å². The summed E-state index contributed by atoms with van der Waals surface area (Å²) in [5.41, 5.74) is 15.7. The number of hydrogen-bond donors (Lipinski definition) is 0. The molecular weight excluding hydrogens is 607 g/mol. The van der Waals surface area contributed by atoms with Crippen LogP contribution in [0.1, 0.15) is 49.9 Å². The van der Waals surface area contributed by atoms with Crippen molar-refractivity contribution in [3.63, 3.8) is 0 Å². The van der Waals surface area contributed by atoms with E-state index in [2.05, 4.69) is 172 Å². The van der Waals surface area contributed by atoms with Gasteiger partial charge in [-0.2, -0.15) is 0 Å². The number of fused-ring (bicyclic) bond motifs is 9. The lowest BCUT2D eigenvalue weighted by Crippen LogP contribution is -2.17. The number of benzene rings is 8. The molecule has 0 bridgehead atoms. The van der Waals surface area contributed by atoms with E-state index in [0.29, 0.717) is 0 Å². The normalized spacial score (nSPS) is 15.1. The standard InChI is InChI=1S/C48H35NO/c1-47(2)37-19-10-8-16-35(37)43-38(47)20-12-21-40(43)49(28-23-24-32-31-15-7-9-18-36(31)48(3,4)39(32)27-28)41-26-25-34-30-14-6-5-13-29(30)33-17-11-22-42-44(33)45(34)46(41)50-42/h5-27H,1-4H3. The van der Waals surface area contributed by atoms with Crippen LogP contribution in [-0.4, -0.2) is 0 Å². The van der Waals surface area contributed by atoms with Crippen molar-refractivity contribution in [1.82, 2.24) is 0 Å². The molecule has 1 heterocycles. The van der Waals surface area contributed by atoms with Crippen molar-refractivity contribution in [3.8, 4) is 22.3 Å². The van der Waals surface area contributed by atoms with E-state index >= 15 is 0 Å². The van der Waals surface area contributed by atoms with Crippen molar-refractivity contribution in [2.75, 3.05) is 4.90 Å². The summed E-state index contributed by atoms with van der Waals surface area (Å²) in [6.45, 7) is 9.44. The molecule has 2 heteroatoms. The molecule has 0 aliphatic heterocycles. The summed E-state index contributed by atoms with van der Waals surface area (Å²) in [7, 11) is 0. The van der Waals surface area contributed by atoms with Gasteiger partial charge in [-0.15, -0.1) is 0 Å². The van der Waals surface area contributed by atoms with Crippen molar-refractivity contribution in [1.29, 1.82) is 0 Å². The Kier molecular flexibility index (Phi) is 5.28. The first-order valence-corrected chi connectivity index (χ1v) is 17.7. The fourth-order valence-electron chi connectivity index (χ4n) is 9.65. The lowest BCUT2D eigenvalue weighted by Gasteiger charge is -2.30. The van der Waals surface area contributed by atoms with Crippen LogP contribution in [0.5, 0.6) is 0 Å². The second-order valence-electron chi connectivity index (χ2n) is 15.3. The Morgan fingerprint density at radius 1 is 0.440 bits per heavy atom. The quantitative estimate of drug-likeness (QED) is 0.179. The summed E-state index contributed by atoms with van der Waals surface area (Å²) in [6.07, 6.45) is 0. The SMILES string of the molecule is CC1(C)c2ccccc2-c2ccc(N(c3cccc4c3-c3ccccc3C4(C)C)c3ccc4c5ccccc5c5cccc6oc3c4c65)cc21. The first kappa shape index (κ1) is 28.0. The average molecular weight is 642 g/mol. The Bertz CT molecular complexity index is 2880. The summed E-state index contributed by atoms with van der Waals surface area (Å²) in [4.78, 5) is 2.48. The van der Waals surface area contributed by atoms with Gasteiger partial charge in [-0.1, -0.05) is 137 Å². The van der Waals surface area contributed by atoms with Gasteiger partial charge < -0.3 is 9.32 Å². The molecule has 9 aromatic rings. The lowest BCUT2D eigenvalue weighted by molar-refractivity contribution is 0.660. The van der Waals surface area contributed by atoms with Gasteiger partial charge in [0.15, 0.2) is 5.58 Å². The Morgan fingerprint density at radius 3 is 1.84 bits per heavy atom. The Balaban J connectivity index is 1.26. The smallest absolute Gasteiger partial charge is 0.160 e. The number of rotatable bonds is 3. The number of nitrogens with zero attached hydrogens (tertiary/aromatic N) is 1. The lowest BCUT2D eigenvalue weighted by atomic mass is 9.82. The topological polar surface area (TPSA) is 16.4 Å². The third-order valence-corrected chi connectivity index (χ3v) is 12.0. The molecule has 1 aromatic heterocycles. The van der Waals surface area contributed by atoms with Gasteiger partial charge in [0.25, 0.3) is 0 Å². The monoisotopic (exact) mass is 641 g/mol. The van der Waals surface area contributed by atoms with Crippen LogP contribution in [0.25, 0.3) is 65.7 Å². The van der Waals surface area contributed by atoms with E-state index in [0.717, 1.165) is 22.5 Å². The van der Waals surface area contributed by atoms with Crippen molar-refractivity contribution in [2.24, 2.45) is 0 Å². The van der Waals surface area contributed by atoms with Crippen molar-refractivity contribution in [3.05, 3.63) is 162 Å². The Morgan fingerprint density at radius 2 is 1.04 bits per heavy atom. The highest BCUT2D eigenvalue weighted by molar-refractivity contribution is 6.34. The predicted molar refractivity (Wildman–Crippen MR) is 210 cm³/mol. The Hall–Kier alpha value is -5.86. The van der Waals surface area contributed by atoms with E-state index < -0.39 is 0 Å². The van der Waals surface area contributed by atoms with Crippen LogP contribution >= 0.6 is 0 Å². The zero-order valence-electron chi connectivity index (χ0n) is 28.6. The molecule has 11 rings (SSSR count). The minimum atomic E-state index is -0.126. The molecule has 50 heavy (non-hydrogen) atoms. The van der Waals surface area contributed by atoms with Gasteiger partial charge in [-0.25, -0.2) is 0 Å². The van der Waals surface area contributed by atoms with E-state index in [1.807, 2.05) is 0 Å². The average Bonchev–Trinajstić information content (AvgIpc) is 3.73. The fourth-order valence-corrected chi connectivity index (χ4v) is 9.65. The summed E-state index contributed by atoms with van der Waals surface area (Å²) in [5.74, 6) is 0. The molecule has 2 nitrogen and oxygen atoms in total. The summed E-state index contributed by atoms with van der Waals surface area (Å²) in [5, 5.41) is 7.38. The van der Waals surface area contributed by atoms with Crippen LogP contribution in [0.3, 0.4) is 0 Å². The highest BCUT2D eigenvalue weighted by Crippen LogP contribution is 2.57. The maximum Gasteiger partial charge on any atom is 0.160 e. The van der Waals surface area contributed by atoms with E-state index in [1.165, 1.54) is 82.5 Å². The third-order valence-electron chi connectivity index (χ3n) is 12.0.